The summed E-state index contributed by atoms with van der Waals surface area (Å²) < 4.78 is 5.24. The molecule has 3 nitrogen and oxygen atoms in total. The van der Waals surface area contributed by atoms with E-state index >= 15 is 0 Å². The maximum absolute atomic E-state index is 9.44. The van der Waals surface area contributed by atoms with Gasteiger partial charge in [0.2, 0.25) is 0 Å². The minimum Gasteiger partial charge on any atom is -0.396 e. The van der Waals surface area contributed by atoms with Crippen LogP contribution in [0.4, 0.5) is 0 Å². The first-order valence-electron chi connectivity index (χ1n) is 6.23. The van der Waals surface area contributed by atoms with Crippen LogP contribution in [-0.4, -0.2) is 42.9 Å². The van der Waals surface area contributed by atoms with E-state index in [1.807, 2.05) is 6.07 Å². The summed E-state index contributed by atoms with van der Waals surface area (Å²) in [6, 6.07) is 10.5. The van der Waals surface area contributed by atoms with Crippen molar-refractivity contribution in [3.63, 3.8) is 0 Å². The van der Waals surface area contributed by atoms with Crippen LogP contribution in [0.15, 0.2) is 30.3 Å². The zero-order chi connectivity index (χ0) is 12.1. The number of nitrogens with zero attached hydrogens (tertiary/aromatic N) is 1. The maximum Gasteiger partial charge on any atom is 0.0579 e. The summed E-state index contributed by atoms with van der Waals surface area (Å²) in [7, 11) is 0. The zero-order valence-corrected chi connectivity index (χ0v) is 10.4. The molecule has 94 valence electrons. The first kappa shape index (κ1) is 12.6. The summed E-state index contributed by atoms with van der Waals surface area (Å²) in [5.41, 5.74) is 1.30. The van der Waals surface area contributed by atoms with Gasteiger partial charge < -0.3 is 9.84 Å². The van der Waals surface area contributed by atoms with Gasteiger partial charge in [-0.05, 0) is 12.1 Å². The maximum atomic E-state index is 9.44. The van der Waals surface area contributed by atoms with Gasteiger partial charge in [0.15, 0.2) is 0 Å². The molecule has 0 aromatic heterocycles. The Balaban J connectivity index is 1.93. The molecule has 0 bridgehead atoms. The van der Waals surface area contributed by atoms with E-state index in [0.717, 1.165) is 19.6 Å². The Hall–Kier alpha value is -0.900. The van der Waals surface area contributed by atoms with Crippen LogP contribution in [0.1, 0.15) is 12.5 Å². The monoisotopic (exact) mass is 235 g/mol. The minimum atomic E-state index is -0.0230. The lowest BCUT2D eigenvalue weighted by Gasteiger charge is -2.43. The van der Waals surface area contributed by atoms with Crippen molar-refractivity contribution in [2.45, 2.75) is 13.5 Å². The molecular formula is C14H21NO2. The van der Waals surface area contributed by atoms with Crippen LogP contribution in [0.3, 0.4) is 0 Å². The Morgan fingerprint density at radius 1 is 1.29 bits per heavy atom. The lowest BCUT2D eigenvalue weighted by Crippen LogP contribution is -2.53. The largest absolute Gasteiger partial charge is 0.396 e. The zero-order valence-electron chi connectivity index (χ0n) is 10.4. The summed E-state index contributed by atoms with van der Waals surface area (Å²) in [6.07, 6.45) is 0. The first-order valence-corrected chi connectivity index (χ1v) is 6.23. The topological polar surface area (TPSA) is 32.7 Å². The molecule has 1 aliphatic heterocycles. The van der Waals surface area contributed by atoms with Crippen molar-refractivity contribution in [1.82, 2.24) is 4.90 Å². The fraction of sp³-hybridized carbons (Fsp3) is 0.571. The van der Waals surface area contributed by atoms with Gasteiger partial charge in [-0.2, -0.15) is 0 Å². The van der Waals surface area contributed by atoms with E-state index in [2.05, 4.69) is 36.1 Å². The Kier molecular flexibility index (Phi) is 4.15. The molecule has 2 rings (SSSR count). The highest BCUT2D eigenvalue weighted by atomic mass is 16.5. The van der Waals surface area contributed by atoms with Crippen molar-refractivity contribution in [3.8, 4) is 0 Å². The molecule has 1 aliphatic rings. The van der Waals surface area contributed by atoms with Crippen LogP contribution < -0.4 is 0 Å². The second-order valence-corrected chi connectivity index (χ2v) is 4.94. The molecule has 0 amide bonds. The molecule has 1 fully saturated rings. The van der Waals surface area contributed by atoms with Gasteiger partial charge in [0.1, 0.15) is 0 Å². The SMILES string of the molecule is CCN(Cc1ccccc1)CC1(CO)COC1. The predicted octanol–water partition coefficient (Wildman–Crippen LogP) is 1.52. The minimum absolute atomic E-state index is 0.0230. The van der Waals surface area contributed by atoms with Crippen molar-refractivity contribution >= 4 is 0 Å². The van der Waals surface area contributed by atoms with Gasteiger partial charge >= 0.3 is 0 Å². The van der Waals surface area contributed by atoms with Crippen molar-refractivity contribution in [2.24, 2.45) is 5.41 Å². The van der Waals surface area contributed by atoms with Crippen LogP contribution in [-0.2, 0) is 11.3 Å². The van der Waals surface area contributed by atoms with Crippen LogP contribution in [0.2, 0.25) is 0 Å². The van der Waals surface area contributed by atoms with E-state index in [-0.39, 0.29) is 12.0 Å². The highest BCUT2D eigenvalue weighted by Gasteiger charge is 2.39. The van der Waals surface area contributed by atoms with Gasteiger partial charge in [0, 0.05) is 13.1 Å². The average molecular weight is 235 g/mol. The number of aliphatic hydroxyl groups excluding tert-OH is 1. The molecule has 0 atom stereocenters. The molecule has 1 saturated heterocycles. The van der Waals surface area contributed by atoms with Crippen molar-refractivity contribution < 1.29 is 9.84 Å². The van der Waals surface area contributed by atoms with Crippen LogP contribution in [0, 0.1) is 5.41 Å². The van der Waals surface area contributed by atoms with E-state index in [1.165, 1.54) is 5.56 Å². The third-order valence-corrected chi connectivity index (χ3v) is 3.41. The van der Waals surface area contributed by atoms with E-state index < -0.39 is 0 Å². The highest BCUT2D eigenvalue weighted by molar-refractivity contribution is 5.14. The smallest absolute Gasteiger partial charge is 0.0579 e. The Bertz CT molecular complexity index is 330. The van der Waals surface area contributed by atoms with Crippen molar-refractivity contribution in [3.05, 3.63) is 35.9 Å². The normalized spacial score (nSPS) is 18.1. The van der Waals surface area contributed by atoms with E-state index in [1.54, 1.807) is 0 Å². The summed E-state index contributed by atoms with van der Waals surface area (Å²) >= 11 is 0. The molecule has 3 heteroatoms. The molecule has 0 aliphatic carbocycles. The number of hydrogen-bond acceptors (Lipinski definition) is 3. The number of ether oxygens (including phenoxy) is 1. The van der Waals surface area contributed by atoms with Crippen molar-refractivity contribution in [2.75, 3.05) is 32.9 Å². The number of rotatable bonds is 6. The van der Waals surface area contributed by atoms with Crippen LogP contribution >= 0.6 is 0 Å². The Labute approximate surface area is 103 Å². The molecule has 1 heterocycles. The molecule has 17 heavy (non-hydrogen) atoms. The van der Waals surface area contributed by atoms with E-state index in [0.29, 0.717) is 13.2 Å². The third kappa shape index (κ3) is 3.06. The molecule has 1 aromatic carbocycles. The third-order valence-electron chi connectivity index (χ3n) is 3.41. The quantitative estimate of drug-likeness (QED) is 0.811. The second-order valence-electron chi connectivity index (χ2n) is 4.94. The van der Waals surface area contributed by atoms with Gasteiger partial charge in [-0.1, -0.05) is 37.3 Å². The molecule has 0 unspecified atom stereocenters. The van der Waals surface area contributed by atoms with E-state index in [4.69, 9.17) is 4.74 Å². The molecule has 0 radical (unpaired) electrons. The Morgan fingerprint density at radius 2 is 2.00 bits per heavy atom. The highest BCUT2D eigenvalue weighted by Crippen LogP contribution is 2.28. The molecular weight excluding hydrogens is 214 g/mol. The van der Waals surface area contributed by atoms with Gasteiger partial charge in [0.05, 0.1) is 25.2 Å². The fourth-order valence-electron chi connectivity index (χ4n) is 2.22. The van der Waals surface area contributed by atoms with Crippen molar-refractivity contribution in [1.29, 1.82) is 0 Å². The molecule has 0 spiro atoms. The van der Waals surface area contributed by atoms with Crippen LogP contribution in [0.25, 0.3) is 0 Å². The fourth-order valence-corrected chi connectivity index (χ4v) is 2.22. The van der Waals surface area contributed by atoms with E-state index in [9.17, 15) is 5.11 Å². The molecule has 0 saturated carbocycles. The first-order chi connectivity index (χ1) is 8.28. The summed E-state index contributed by atoms with van der Waals surface area (Å²) in [6.45, 7) is 6.61. The van der Waals surface area contributed by atoms with Gasteiger partial charge in [-0.3, -0.25) is 4.90 Å². The lowest BCUT2D eigenvalue weighted by atomic mass is 9.86. The molecule has 1 N–H and O–H groups in total. The second kappa shape index (κ2) is 5.63. The lowest BCUT2D eigenvalue weighted by molar-refractivity contribution is -0.148. The Morgan fingerprint density at radius 3 is 2.47 bits per heavy atom. The summed E-state index contributed by atoms with van der Waals surface area (Å²) in [5, 5.41) is 9.44. The predicted molar refractivity (Wildman–Crippen MR) is 67.7 cm³/mol. The standard InChI is InChI=1S/C14H21NO2/c1-2-15(8-13-6-4-3-5-7-13)9-14(10-16)11-17-12-14/h3-7,16H,2,8-12H2,1H3. The molecule has 1 aromatic rings. The summed E-state index contributed by atoms with van der Waals surface area (Å²) in [4.78, 5) is 2.37. The average Bonchev–Trinajstić information content (AvgIpc) is 2.33. The van der Waals surface area contributed by atoms with Crippen LogP contribution in [0.5, 0.6) is 0 Å². The number of hydrogen-bond donors (Lipinski definition) is 1. The number of benzene rings is 1. The van der Waals surface area contributed by atoms with Gasteiger partial charge in [-0.15, -0.1) is 0 Å². The van der Waals surface area contributed by atoms with Gasteiger partial charge in [-0.25, -0.2) is 0 Å². The number of aliphatic hydroxyl groups is 1. The van der Waals surface area contributed by atoms with Gasteiger partial charge in [0.25, 0.3) is 0 Å². The summed E-state index contributed by atoms with van der Waals surface area (Å²) in [5.74, 6) is 0.